The monoisotopic (exact) mass is 513 g/mol. The summed E-state index contributed by atoms with van der Waals surface area (Å²) >= 11 is 0. The van der Waals surface area contributed by atoms with E-state index in [1.807, 2.05) is 17.1 Å². The third-order valence-corrected chi connectivity index (χ3v) is 4.69. The molecule has 2 N–H and O–H groups in total. The number of halogens is 1. The molecule has 8 heteroatoms. The fourth-order valence-corrected chi connectivity index (χ4v) is 3.08. The lowest BCUT2D eigenvalue weighted by Gasteiger charge is -2.15. The van der Waals surface area contributed by atoms with E-state index in [4.69, 9.17) is 14.5 Å². The van der Waals surface area contributed by atoms with Crippen LogP contribution in [0.3, 0.4) is 0 Å². The van der Waals surface area contributed by atoms with Gasteiger partial charge in [0.2, 0.25) is 0 Å². The van der Waals surface area contributed by atoms with E-state index in [1.54, 1.807) is 6.20 Å². The molecule has 1 aliphatic heterocycles. The lowest BCUT2D eigenvalue weighted by Crippen LogP contribution is -2.38. The summed E-state index contributed by atoms with van der Waals surface area (Å²) in [5.74, 6) is 2.21. The van der Waals surface area contributed by atoms with E-state index >= 15 is 0 Å². The zero-order valence-corrected chi connectivity index (χ0v) is 19.6. The number of aryl methyl sites for hydroxylation is 1. The molecule has 1 aromatic carbocycles. The van der Waals surface area contributed by atoms with Gasteiger partial charge in [0, 0.05) is 50.1 Å². The number of ether oxygens (including phenoxy) is 2. The first kappa shape index (κ1) is 23.5. The van der Waals surface area contributed by atoms with Crippen molar-refractivity contribution in [3.63, 3.8) is 0 Å². The van der Waals surface area contributed by atoms with Crippen molar-refractivity contribution in [2.75, 3.05) is 32.9 Å². The highest BCUT2D eigenvalue weighted by Crippen LogP contribution is 2.23. The summed E-state index contributed by atoms with van der Waals surface area (Å²) in [4.78, 5) is 8.80. The van der Waals surface area contributed by atoms with Crippen LogP contribution in [0.25, 0.3) is 0 Å². The Morgan fingerprint density at radius 2 is 2.28 bits per heavy atom. The SMILES string of the molecule is CCNC(=NCc1ccc(C)cc1OCC1CCOC1)NCCn1ccnc1.I. The Kier molecular flexibility index (Phi) is 10.3. The maximum atomic E-state index is 6.12. The van der Waals surface area contributed by atoms with Crippen LogP contribution in [0.2, 0.25) is 0 Å². The molecular weight excluding hydrogens is 481 g/mol. The van der Waals surface area contributed by atoms with E-state index in [0.717, 1.165) is 56.5 Å². The van der Waals surface area contributed by atoms with E-state index in [2.05, 4.69) is 47.7 Å². The Hall–Kier alpha value is -1.81. The van der Waals surface area contributed by atoms with Crippen molar-refractivity contribution < 1.29 is 9.47 Å². The number of guanidine groups is 1. The molecule has 0 radical (unpaired) electrons. The molecule has 1 atom stereocenters. The van der Waals surface area contributed by atoms with Gasteiger partial charge in [-0.05, 0) is 31.9 Å². The summed E-state index contributed by atoms with van der Waals surface area (Å²) in [6.45, 7) is 9.49. The fraction of sp³-hybridized carbons (Fsp3) is 0.524. The predicted molar refractivity (Wildman–Crippen MR) is 126 cm³/mol. The van der Waals surface area contributed by atoms with Crippen LogP contribution < -0.4 is 15.4 Å². The minimum atomic E-state index is 0. The lowest BCUT2D eigenvalue weighted by atomic mass is 10.1. The fourth-order valence-electron chi connectivity index (χ4n) is 3.08. The second-order valence-electron chi connectivity index (χ2n) is 7.07. The molecular formula is C21H32IN5O2. The van der Waals surface area contributed by atoms with Crippen LogP contribution in [0.4, 0.5) is 0 Å². The summed E-state index contributed by atoms with van der Waals surface area (Å²) < 4.78 is 13.6. The summed E-state index contributed by atoms with van der Waals surface area (Å²) in [5.41, 5.74) is 2.28. The van der Waals surface area contributed by atoms with Gasteiger partial charge in [0.1, 0.15) is 5.75 Å². The van der Waals surface area contributed by atoms with E-state index in [9.17, 15) is 0 Å². The van der Waals surface area contributed by atoms with Gasteiger partial charge in [-0.25, -0.2) is 9.98 Å². The smallest absolute Gasteiger partial charge is 0.191 e. The third kappa shape index (κ3) is 7.85. The quantitative estimate of drug-likeness (QED) is 0.307. The van der Waals surface area contributed by atoms with E-state index in [0.29, 0.717) is 19.1 Å². The van der Waals surface area contributed by atoms with E-state index in [-0.39, 0.29) is 24.0 Å². The van der Waals surface area contributed by atoms with Gasteiger partial charge >= 0.3 is 0 Å². The molecule has 7 nitrogen and oxygen atoms in total. The van der Waals surface area contributed by atoms with Crippen molar-refractivity contribution in [3.05, 3.63) is 48.0 Å². The molecule has 2 heterocycles. The van der Waals surface area contributed by atoms with Crippen molar-refractivity contribution in [3.8, 4) is 5.75 Å². The topological polar surface area (TPSA) is 72.7 Å². The normalized spacial score (nSPS) is 16.3. The number of rotatable bonds is 9. The first-order valence-electron chi connectivity index (χ1n) is 10.0. The molecule has 1 fully saturated rings. The van der Waals surface area contributed by atoms with Gasteiger partial charge in [0.25, 0.3) is 0 Å². The molecule has 0 spiro atoms. The molecule has 0 aliphatic carbocycles. The van der Waals surface area contributed by atoms with Gasteiger partial charge < -0.3 is 24.7 Å². The van der Waals surface area contributed by atoms with Crippen molar-refractivity contribution in [1.82, 2.24) is 20.2 Å². The highest BCUT2D eigenvalue weighted by molar-refractivity contribution is 14.0. The Labute approximate surface area is 190 Å². The minimum absolute atomic E-state index is 0. The Balaban J connectivity index is 0.00000300. The number of hydrogen-bond donors (Lipinski definition) is 2. The van der Waals surface area contributed by atoms with Crippen LogP contribution >= 0.6 is 24.0 Å². The van der Waals surface area contributed by atoms with Crippen LogP contribution in [0.15, 0.2) is 41.9 Å². The largest absolute Gasteiger partial charge is 0.493 e. The molecule has 0 bridgehead atoms. The minimum Gasteiger partial charge on any atom is -0.493 e. The number of imidazole rings is 1. The standard InChI is InChI=1S/C21H31N5O2.HI/c1-3-23-21(24-8-10-26-9-7-22-16-26)25-13-19-5-4-17(2)12-20(19)28-15-18-6-11-27-14-18;/h4-5,7,9,12,16,18H,3,6,8,10-11,13-15H2,1-2H3,(H2,23,24,25);1H. The maximum Gasteiger partial charge on any atom is 0.191 e. The summed E-state index contributed by atoms with van der Waals surface area (Å²) in [6, 6.07) is 6.31. The second-order valence-corrected chi connectivity index (χ2v) is 7.07. The number of hydrogen-bond acceptors (Lipinski definition) is 4. The predicted octanol–water partition coefficient (Wildman–Crippen LogP) is 2.98. The summed E-state index contributed by atoms with van der Waals surface area (Å²) in [5, 5.41) is 6.67. The third-order valence-electron chi connectivity index (χ3n) is 4.69. The number of nitrogens with zero attached hydrogens (tertiary/aromatic N) is 3. The van der Waals surface area contributed by atoms with Crippen LogP contribution in [0, 0.1) is 12.8 Å². The highest BCUT2D eigenvalue weighted by atomic mass is 127. The first-order chi connectivity index (χ1) is 13.7. The number of benzene rings is 1. The van der Waals surface area contributed by atoms with E-state index < -0.39 is 0 Å². The van der Waals surface area contributed by atoms with Gasteiger partial charge in [0.15, 0.2) is 5.96 Å². The van der Waals surface area contributed by atoms with Crippen LogP contribution in [0.1, 0.15) is 24.5 Å². The molecule has 0 amide bonds. The van der Waals surface area contributed by atoms with Gasteiger partial charge in [-0.15, -0.1) is 24.0 Å². The molecule has 1 aliphatic rings. The van der Waals surface area contributed by atoms with Gasteiger partial charge in [0.05, 0.1) is 26.1 Å². The molecule has 1 unspecified atom stereocenters. The van der Waals surface area contributed by atoms with Gasteiger partial charge in [-0.3, -0.25) is 0 Å². The van der Waals surface area contributed by atoms with Crippen LogP contribution in [0.5, 0.6) is 5.75 Å². The van der Waals surface area contributed by atoms with Crippen molar-refractivity contribution in [2.24, 2.45) is 10.9 Å². The Morgan fingerprint density at radius 3 is 3.00 bits per heavy atom. The molecule has 3 rings (SSSR count). The molecule has 29 heavy (non-hydrogen) atoms. The zero-order valence-electron chi connectivity index (χ0n) is 17.3. The molecule has 1 saturated heterocycles. The second kappa shape index (κ2) is 12.7. The maximum absolute atomic E-state index is 6.12. The van der Waals surface area contributed by atoms with Crippen molar-refractivity contribution in [1.29, 1.82) is 0 Å². The molecule has 0 saturated carbocycles. The lowest BCUT2D eigenvalue weighted by molar-refractivity contribution is 0.166. The van der Waals surface area contributed by atoms with Gasteiger partial charge in [-0.2, -0.15) is 0 Å². The van der Waals surface area contributed by atoms with Crippen LogP contribution in [-0.4, -0.2) is 48.4 Å². The van der Waals surface area contributed by atoms with Crippen molar-refractivity contribution >= 4 is 29.9 Å². The molecule has 2 aromatic rings. The number of aliphatic imine (C=N–C) groups is 1. The Bertz CT molecular complexity index is 746. The Morgan fingerprint density at radius 1 is 1.38 bits per heavy atom. The zero-order chi connectivity index (χ0) is 19.6. The van der Waals surface area contributed by atoms with Gasteiger partial charge in [-0.1, -0.05) is 12.1 Å². The summed E-state index contributed by atoms with van der Waals surface area (Å²) in [6.07, 6.45) is 6.63. The number of nitrogens with one attached hydrogen (secondary N) is 2. The highest BCUT2D eigenvalue weighted by Gasteiger charge is 2.17. The molecule has 160 valence electrons. The summed E-state index contributed by atoms with van der Waals surface area (Å²) in [7, 11) is 0. The average molecular weight is 513 g/mol. The average Bonchev–Trinajstić information content (AvgIpc) is 3.39. The van der Waals surface area contributed by atoms with Crippen LogP contribution in [-0.2, 0) is 17.8 Å². The van der Waals surface area contributed by atoms with E-state index in [1.165, 1.54) is 5.56 Å². The molecule has 1 aromatic heterocycles. The number of aromatic nitrogens is 2. The first-order valence-corrected chi connectivity index (χ1v) is 10.0. The van der Waals surface area contributed by atoms with Crippen molar-refractivity contribution in [2.45, 2.75) is 33.4 Å².